The molecule has 0 aromatic carbocycles. The Labute approximate surface area is 137 Å². The van der Waals surface area contributed by atoms with Crippen LogP contribution in [0.1, 0.15) is 5.56 Å². The summed E-state index contributed by atoms with van der Waals surface area (Å²) in [7, 11) is -3.60. The van der Waals surface area contributed by atoms with Crippen LogP contribution in [0.3, 0.4) is 0 Å². The van der Waals surface area contributed by atoms with Crippen molar-refractivity contribution in [1.82, 2.24) is 15.2 Å². The molecule has 0 amide bonds. The van der Waals surface area contributed by atoms with Crippen LogP contribution in [0.2, 0.25) is 0 Å². The SMILES string of the molecule is O=S(=O)(Nc1ccc(NCc2cccnc2)nn1)c1cccs1. The fourth-order valence-electron chi connectivity index (χ4n) is 1.78. The lowest BCUT2D eigenvalue weighted by molar-refractivity contribution is 0.603. The third-order valence-corrected chi connectivity index (χ3v) is 5.61. The van der Waals surface area contributed by atoms with E-state index in [1.807, 2.05) is 12.1 Å². The second-order valence-corrected chi connectivity index (χ2v) is 7.41. The first-order valence-electron chi connectivity index (χ1n) is 6.66. The Morgan fingerprint density at radius 2 is 1.87 bits per heavy atom. The van der Waals surface area contributed by atoms with Gasteiger partial charge in [0, 0.05) is 18.9 Å². The second-order valence-electron chi connectivity index (χ2n) is 4.56. The molecule has 9 heteroatoms. The van der Waals surface area contributed by atoms with E-state index in [2.05, 4.69) is 25.2 Å². The normalized spacial score (nSPS) is 11.1. The predicted octanol–water partition coefficient (Wildman–Crippen LogP) is 2.35. The van der Waals surface area contributed by atoms with Crippen LogP contribution in [0, 0.1) is 0 Å². The van der Waals surface area contributed by atoms with Gasteiger partial charge in [-0.1, -0.05) is 12.1 Å². The van der Waals surface area contributed by atoms with Gasteiger partial charge in [-0.2, -0.15) is 0 Å². The maximum Gasteiger partial charge on any atom is 0.272 e. The van der Waals surface area contributed by atoms with Crippen molar-refractivity contribution in [2.24, 2.45) is 0 Å². The summed E-state index contributed by atoms with van der Waals surface area (Å²) in [5, 5.41) is 12.6. The molecule has 3 aromatic rings. The van der Waals surface area contributed by atoms with E-state index in [1.54, 1.807) is 36.0 Å². The molecule has 2 N–H and O–H groups in total. The average molecular weight is 347 g/mol. The van der Waals surface area contributed by atoms with Gasteiger partial charge in [0.25, 0.3) is 10.0 Å². The summed E-state index contributed by atoms with van der Waals surface area (Å²) < 4.78 is 26.8. The molecule has 0 saturated heterocycles. The predicted molar refractivity (Wildman–Crippen MR) is 88.7 cm³/mol. The Kier molecular flexibility index (Phi) is 4.49. The summed E-state index contributed by atoms with van der Waals surface area (Å²) in [6, 6.07) is 10.2. The van der Waals surface area contributed by atoms with Gasteiger partial charge in [0.1, 0.15) is 10.0 Å². The molecule has 0 unspecified atom stereocenters. The van der Waals surface area contributed by atoms with E-state index in [1.165, 1.54) is 6.07 Å². The largest absolute Gasteiger partial charge is 0.364 e. The Hall–Kier alpha value is -2.52. The summed E-state index contributed by atoms with van der Waals surface area (Å²) in [5.41, 5.74) is 1.01. The summed E-state index contributed by atoms with van der Waals surface area (Å²) in [6.45, 7) is 0.558. The molecular formula is C14H13N5O2S2. The van der Waals surface area contributed by atoms with E-state index in [0.29, 0.717) is 12.4 Å². The molecular weight excluding hydrogens is 334 g/mol. The fourth-order valence-corrected chi connectivity index (χ4v) is 3.77. The van der Waals surface area contributed by atoms with E-state index in [9.17, 15) is 8.42 Å². The zero-order valence-corrected chi connectivity index (χ0v) is 13.5. The number of hydrogen-bond acceptors (Lipinski definition) is 7. The fraction of sp³-hybridized carbons (Fsp3) is 0.0714. The topological polar surface area (TPSA) is 96.9 Å². The van der Waals surface area contributed by atoms with Crippen molar-refractivity contribution in [3.63, 3.8) is 0 Å². The van der Waals surface area contributed by atoms with Gasteiger partial charge in [-0.25, -0.2) is 8.42 Å². The molecule has 0 aliphatic rings. The summed E-state index contributed by atoms with van der Waals surface area (Å²) in [6.07, 6.45) is 3.46. The van der Waals surface area contributed by atoms with E-state index >= 15 is 0 Å². The second kappa shape index (κ2) is 6.71. The van der Waals surface area contributed by atoms with E-state index in [0.717, 1.165) is 16.9 Å². The van der Waals surface area contributed by atoms with Gasteiger partial charge in [0.05, 0.1) is 0 Å². The van der Waals surface area contributed by atoms with Crippen LogP contribution in [0.25, 0.3) is 0 Å². The number of sulfonamides is 1. The van der Waals surface area contributed by atoms with Crippen LogP contribution < -0.4 is 10.0 Å². The van der Waals surface area contributed by atoms with Gasteiger partial charge < -0.3 is 5.32 Å². The Morgan fingerprint density at radius 3 is 2.52 bits per heavy atom. The first-order valence-corrected chi connectivity index (χ1v) is 9.02. The number of pyridine rings is 1. The van der Waals surface area contributed by atoms with Gasteiger partial charge in [-0.15, -0.1) is 21.5 Å². The van der Waals surface area contributed by atoms with Crippen molar-refractivity contribution in [2.45, 2.75) is 10.8 Å². The maximum absolute atomic E-state index is 12.1. The van der Waals surface area contributed by atoms with Crippen molar-refractivity contribution in [2.75, 3.05) is 10.0 Å². The molecule has 0 atom stereocenters. The minimum atomic E-state index is -3.60. The quantitative estimate of drug-likeness (QED) is 0.710. The number of nitrogens with zero attached hydrogens (tertiary/aromatic N) is 3. The van der Waals surface area contributed by atoms with Crippen molar-refractivity contribution in [3.05, 3.63) is 59.7 Å². The highest BCUT2D eigenvalue weighted by Crippen LogP contribution is 2.19. The van der Waals surface area contributed by atoms with E-state index in [-0.39, 0.29) is 10.0 Å². The van der Waals surface area contributed by atoms with Crippen LogP contribution in [0.15, 0.2) is 58.4 Å². The van der Waals surface area contributed by atoms with Gasteiger partial charge >= 0.3 is 0 Å². The number of thiophene rings is 1. The molecule has 3 rings (SSSR count). The molecule has 0 fully saturated rings. The molecule has 0 aliphatic carbocycles. The number of aromatic nitrogens is 3. The van der Waals surface area contributed by atoms with Crippen molar-refractivity contribution >= 4 is 33.0 Å². The highest BCUT2D eigenvalue weighted by atomic mass is 32.2. The average Bonchev–Trinajstić information content (AvgIpc) is 3.10. The lowest BCUT2D eigenvalue weighted by Gasteiger charge is -2.07. The van der Waals surface area contributed by atoms with Gasteiger partial charge in [0.2, 0.25) is 0 Å². The molecule has 118 valence electrons. The minimum Gasteiger partial charge on any atom is -0.364 e. The standard InChI is InChI=1S/C14H13N5O2S2/c20-23(21,14-4-2-8-22-14)19-13-6-5-12(17-18-13)16-10-11-3-1-7-15-9-11/h1-9H,10H2,(H,16,17)(H,18,19). The molecule has 0 aliphatic heterocycles. The van der Waals surface area contributed by atoms with E-state index in [4.69, 9.17) is 0 Å². The third kappa shape index (κ3) is 4.02. The van der Waals surface area contributed by atoms with Gasteiger partial charge in [-0.3, -0.25) is 9.71 Å². The number of rotatable bonds is 6. The van der Waals surface area contributed by atoms with Crippen LogP contribution in [0.4, 0.5) is 11.6 Å². The summed E-state index contributed by atoms with van der Waals surface area (Å²) in [4.78, 5) is 4.02. The Bertz CT molecular complexity index is 850. The van der Waals surface area contributed by atoms with Gasteiger partial charge in [0.15, 0.2) is 5.82 Å². The monoisotopic (exact) mass is 347 g/mol. The minimum absolute atomic E-state index is 0.172. The highest BCUT2D eigenvalue weighted by molar-refractivity contribution is 7.94. The van der Waals surface area contributed by atoms with Crippen LogP contribution in [0.5, 0.6) is 0 Å². The number of hydrogen-bond donors (Lipinski definition) is 2. The van der Waals surface area contributed by atoms with Crippen LogP contribution >= 0.6 is 11.3 Å². The number of anilines is 2. The van der Waals surface area contributed by atoms with Gasteiger partial charge in [-0.05, 0) is 35.2 Å². The van der Waals surface area contributed by atoms with Crippen LogP contribution in [-0.4, -0.2) is 23.6 Å². The lowest BCUT2D eigenvalue weighted by atomic mass is 10.3. The summed E-state index contributed by atoms with van der Waals surface area (Å²) in [5.74, 6) is 0.721. The van der Waals surface area contributed by atoms with Crippen molar-refractivity contribution < 1.29 is 8.42 Å². The molecule has 0 spiro atoms. The van der Waals surface area contributed by atoms with Crippen molar-refractivity contribution in [1.29, 1.82) is 0 Å². The van der Waals surface area contributed by atoms with Crippen LogP contribution in [-0.2, 0) is 16.6 Å². The van der Waals surface area contributed by atoms with Crippen molar-refractivity contribution in [3.8, 4) is 0 Å². The zero-order valence-electron chi connectivity index (χ0n) is 11.9. The molecule has 0 radical (unpaired) electrons. The lowest BCUT2D eigenvalue weighted by Crippen LogP contribution is -2.13. The first-order chi connectivity index (χ1) is 11.1. The highest BCUT2D eigenvalue weighted by Gasteiger charge is 2.15. The molecule has 7 nitrogen and oxygen atoms in total. The molecule has 0 bridgehead atoms. The zero-order chi connectivity index (χ0) is 16.1. The van der Waals surface area contributed by atoms with E-state index < -0.39 is 10.0 Å². The first kappa shape index (κ1) is 15.4. The smallest absolute Gasteiger partial charge is 0.272 e. The number of nitrogens with one attached hydrogen (secondary N) is 2. The molecule has 3 heterocycles. The molecule has 3 aromatic heterocycles. The third-order valence-electron chi connectivity index (χ3n) is 2.86. The maximum atomic E-state index is 12.1. The Balaban J connectivity index is 1.63. The molecule has 23 heavy (non-hydrogen) atoms. The molecule has 0 saturated carbocycles. The Morgan fingerprint density at radius 1 is 1.04 bits per heavy atom. The summed E-state index contributed by atoms with van der Waals surface area (Å²) >= 11 is 1.14.